The third-order valence-electron chi connectivity index (χ3n) is 2.21. The predicted molar refractivity (Wildman–Crippen MR) is 61.2 cm³/mol. The van der Waals surface area contributed by atoms with Crippen molar-refractivity contribution in [2.45, 2.75) is 20.8 Å². The maximum absolute atomic E-state index is 11.9. The first-order chi connectivity index (χ1) is 7.64. The molecule has 1 aromatic rings. The highest BCUT2D eigenvalue weighted by atomic mass is 16.2. The Hall–Kier alpha value is -2.18. The van der Waals surface area contributed by atoms with Crippen LogP contribution >= 0.6 is 0 Å². The van der Waals surface area contributed by atoms with E-state index in [0.717, 1.165) is 0 Å². The molecule has 0 saturated carbocycles. The van der Waals surface area contributed by atoms with Crippen LogP contribution in [0.1, 0.15) is 25.6 Å². The molecule has 92 valence electrons. The second kappa shape index (κ2) is 4.00. The lowest BCUT2D eigenvalue weighted by atomic mass is 9.87. The summed E-state index contributed by atoms with van der Waals surface area (Å²) in [6.07, 6.45) is 0. The zero-order valence-corrected chi connectivity index (χ0v) is 9.79. The maximum Gasteiger partial charge on any atom is 0.340 e. The fourth-order valence-corrected chi connectivity index (χ4v) is 1.07. The topological polar surface area (TPSA) is 105 Å². The Balaban J connectivity index is 3.43. The van der Waals surface area contributed by atoms with Gasteiger partial charge in [0.15, 0.2) is 0 Å². The van der Waals surface area contributed by atoms with Crippen LogP contribution in [0, 0.1) is 5.41 Å². The summed E-state index contributed by atoms with van der Waals surface area (Å²) >= 11 is 0. The Labute approximate surface area is 95.8 Å². The van der Waals surface area contributed by atoms with Crippen LogP contribution in [0.3, 0.4) is 0 Å². The van der Waals surface area contributed by atoms with Gasteiger partial charge in [-0.1, -0.05) is 27.4 Å². The molecule has 1 rings (SSSR count). The van der Waals surface area contributed by atoms with E-state index in [4.69, 9.17) is 0 Å². The molecule has 2 N–H and O–H groups in total. The number of hydrogen-bond donors (Lipinski definition) is 2. The molecule has 1 heterocycles. The van der Waals surface area contributed by atoms with Crippen molar-refractivity contribution >= 4 is 5.91 Å². The highest BCUT2D eigenvalue weighted by Gasteiger charge is 2.25. The van der Waals surface area contributed by atoms with Crippen molar-refractivity contribution in [3.05, 3.63) is 43.6 Å². The van der Waals surface area contributed by atoms with Gasteiger partial charge in [-0.2, -0.15) is 4.57 Å². The first kappa shape index (κ1) is 12.9. The zero-order chi connectivity index (χ0) is 13.4. The molecule has 0 aliphatic rings. The van der Waals surface area contributed by atoms with E-state index >= 15 is 0 Å². The lowest BCUT2D eigenvalue weighted by molar-refractivity contribution is 0.0922. The summed E-state index contributed by atoms with van der Waals surface area (Å²) in [4.78, 5) is 49.0. The molecule has 0 aliphatic carbocycles. The summed E-state index contributed by atoms with van der Waals surface area (Å²) < 4.78 is 0.314. The Morgan fingerprint density at radius 3 is 1.88 bits per heavy atom. The molecule has 0 fully saturated rings. The summed E-state index contributed by atoms with van der Waals surface area (Å²) in [5.41, 5.74) is -3.59. The van der Waals surface area contributed by atoms with Gasteiger partial charge in [-0.05, 0) is 5.41 Å². The number of aromatic amines is 2. The summed E-state index contributed by atoms with van der Waals surface area (Å²) in [7, 11) is 0. The molecule has 0 atom stereocenters. The van der Waals surface area contributed by atoms with Gasteiger partial charge < -0.3 is 0 Å². The number of nitrogens with zero attached hydrogens (tertiary/aromatic N) is 1. The molecule has 17 heavy (non-hydrogen) atoms. The van der Waals surface area contributed by atoms with Gasteiger partial charge in [0.05, 0.1) is 0 Å². The molecular formula is C10H13N3O4. The van der Waals surface area contributed by atoms with Crippen LogP contribution in [0.4, 0.5) is 0 Å². The minimum Gasteiger partial charge on any atom is -0.268 e. The first-order valence-electron chi connectivity index (χ1n) is 4.84. The van der Waals surface area contributed by atoms with Gasteiger partial charge in [0, 0.05) is 5.57 Å². The molecule has 0 aromatic carbocycles. The molecule has 0 bridgehead atoms. The summed E-state index contributed by atoms with van der Waals surface area (Å²) in [5, 5.41) is 0. The lowest BCUT2D eigenvalue weighted by Gasteiger charge is -2.20. The van der Waals surface area contributed by atoms with Crippen LogP contribution in [0.2, 0.25) is 0 Å². The number of allylic oxidation sites excluding steroid dienone is 1. The van der Waals surface area contributed by atoms with E-state index in [1.165, 1.54) is 0 Å². The van der Waals surface area contributed by atoms with Crippen LogP contribution in [0.25, 0.3) is 0 Å². The van der Waals surface area contributed by atoms with Gasteiger partial charge in [-0.25, -0.2) is 14.4 Å². The van der Waals surface area contributed by atoms with E-state index in [1.54, 1.807) is 30.7 Å². The SMILES string of the molecule is C=C(C(=O)n1c(=O)[nH]c(=O)[nH]c1=O)C(C)(C)C. The van der Waals surface area contributed by atoms with Gasteiger partial charge in [0.25, 0.3) is 5.91 Å². The quantitative estimate of drug-likeness (QED) is 0.642. The fraction of sp³-hybridized carbons (Fsp3) is 0.400. The Bertz CT molecular complexity index is 605. The van der Waals surface area contributed by atoms with Crippen molar-refractivity contribution in [1.29, 1.82) is 0 Å². The Morgan fingerprint density at radius 1 is 1.12 bits per heavy atom. The van der Waals surface area contributed by atoms with Crippen molar-refractivity contribution in [2.24, 2.45) is 5.41 Å². The van der Waals surface area contributed by atoms with Crippen molar-refractivity contribution in [3.8, 4) is 0 Å². The fourth-order valence-electron chi connectivity index (χ4n) is 1.07. The average Bonchev–Trinajstić information content (AvgIpc) is 2.13. The predicted octanol–water partition coefficient (Wildman–Crippen LogP) is -0.533. The molecule has 0 saturated heterocycles. The maximum atomic E-state index is 11.9. The molecule has 1 aromatic heterocycles. The van der Waals surface area contributed by atoms with Crippen molar-refractivity contribution in [2.75, 3.05) is 0 Å². The van der Waals surface area contributed by atoms with Crippen LogP contribution in [0.15, 0.2) is 26.5 Å². The highest BCUT2D eigenvalue weighted by molar-refractivity contribution is 5.95. The standard InChI is InChI=1S/C10H13N3O4/c1-5(10(2,3)4)6(14)13-8(16)11-7(15)12-9(13)17/h1H2,2-4H3,(H2,11,12,15,16,17). The molecule has 0 spiro atoms. The summed E-state index contributed by atoms with van der Waals surface area (Å²) in [6, 6.07) is 0. The smallest absolute Gasteiger partial charge is 0.268 e. The molecule has 7 nitrogen and oxygen atoms in total. The second-order valence-corrected chi connectivity index (χ2v) is 4.56. The van der Waals surface area contributed by atoms with Crippen LogP contribution in [-0.4, -0.2) is 20.4 Å². The van der Waals surface area contributed by atoms with Gasteiger partial charge in [-0.3, -0.25) is 14.8 Å². The van der Waals surface area contributed by atoms with Crippen LogP contribution < -0.4 is 17.1 Å². The minimum absolute atomic E-state index is 0.0946. The summed E-state index contributed by atoms with van der Waals surface area (Å²) in [5.74, 6) is -0.833. The number of aromatic nitrogens is 3. The number of H-pyrrole nitrogens is 2. The van der Waals surface area contributed by atoms with E-state index in [-0.39, 0.29) is 5.57 Å². The van der Waals surface area contributed by atoms with Crippen molar-refractivity contribution in [1.82, 2.24) is 14.5 Å². The van der Waals surface area contributed by atoms with Gasteiger partial charge in [0.2, 0.25) is 0 Å². The number of carbonyl (C=O) groups is 1. The van der Waals surface area contributed by atoms with Crippen LogP contribution in [-0.2, 0) is 0 Å². The van der Waals surface area contributed by atoms with Gasteiger partial charge in [0.1, 0.15) is 0 Å². The Morgan fingerprint density at radius 2 is 1.53 bits per heavy atom. The summed E-state index contributed by atoms with van der Waals surface area (Å²) in [6.45, 7) is 8.71. The molecule has 0 amide bonds. The molecule has 0 radical (unpaired) electrons. The third kappa shape index (κ3) is 2.49. The van der Waals surface area contributed by atoms with E-state index in [2.05, 4.69) is 6.58 Å². The van der Waals surface area contributed by atoms with Crippen molar-refractivity contribution < 1.29 is 4.79 Å². The van der Waals surface area contributed by atoms with E-state index in [9.17, 15) is 19.2 Å². The van der Waals surface area contributed by atoms with E-state index < -0.39 is 28.4 Å². The zero-order valence-electron chi connectivity index (χ0n) is 9.79. The van der Waals surface area contributed by atoms with Gasteiger partial charge in [-0.15, -0.1) is 0 Å². The normalized spacial score (nSPS) is 11.2. The molecule has 0 unspecified atom stereocenters. The number of rotatable bonds is 1. The number of hydrogen-bond acceptors (Lipinski definition) is 4. The van der Waals surface area contributed by atoms with Crippen LogP contribution in [0.5, 0.6) is 0 Å². The van der Waals surface area contributed by atoms with E-state index in [0.29, 0.717) is 4.57 Å². The minimum atomic E-state index is -1.07. The number of carbonyl (C=O) groups excluding carboxylic acids is 1. The monoisotopic (exact) mass is 239 g/mol. The lowest BCUT2D eigenvalue weighted by Crippen LogP contribution is -2.47. The van der Waals surface area contributed by atoms with Crippen molar-refractivity contribution in [3.63, 3.8) is 0 Å². The van der Waals surface area contributed by atoms with Gasteiger partial charge >= 0.3 is 17.1 Å². The molecular weight excluding hydrogens is 226 g/mol. The molecule has 7 heteroatoms. The number of nitrogens with one attached hydrogen (secondary N) is 2. The molecule has 0 aliphatic heterocycles. The first-order valence-corrected chi connectivity index (χ1v) is 4.84. The largest absolute Gasteiger partial charge is 0.340 e. The second-order valence-electron chi connectivity index (χ2n) is 4.56. The van der Waals surface area contributed by atoms with E-state index in [1.807, 2.05) is 0 Å². The average molecular weight is 239 g/mol. The highest BCUT2D eigenvalue weighted by Crippen LogP contribution is 2.23. The Kier molecular flexibility index (Phi) is 3.03. The third-order valence-corrected chi connectivity index (χ3v) is 2.21.